The molecule has 0 saturated carbocycles. The number of benzene rings is 1. The van der Waals surface area contributed by atoms with E-state index in [-0.39, 0.29) is 23.6 Å². The van der Waals surface area contributed by atoms with Crippen molar-refractivity contribution >= 4 is 5.97 Å². The molecule has 0 spiro atoms. The lowest BCUT2D eigenvalue weighted by atomic mass is 9.87. The number of hydrogen-bond acceptors (Lipinski definition) is 5. The highest BCUT2D eigenvalue weighted by atomic mass is 16.6. The molecule has 2 aliphatic rings. The van der Waals surface area contributed by atoms with E-state index in [0.29, 0.717) is 24.7 Å². The van der Waals surface area contributed by atoms with Gasteiger partial charge in [0.15, 0.2) is 0 Å². The highest BCUT2D eigenvalue weighted by Gasteiger charge is 2.39. The second-order valence-corrected chi connectivity index (χ2v) is 9.57. The molecule has 0 N–H and O–H groups in total. The summed E-state index contributed by atoms with van der Waals surface area (Å²) in [6.07, 6.45) is 4.45. The van der Waals surface area contributed by atoms with Gasteiger partial charge in [0.2, 0.25) is 0 Å². The number of rotatable bonds is 7. The summed E-state index contributed by atoms with van der Waals surface area (Å²) in [7, 11) is 0. The van der Waals surface area contributed by atoms with Gasteiger partial charge in [0.1, 0.15) is 11.9 Å². The molecule has 0 bridgehead atoms. The third-order valence-corrected chi connectivity index (χ3v) is 5.78. The lowest BCUT2D eigenvalue weighted by Crippen LogP contribution is -2.49. The summed E-state index contributed by atoms with van der Waals surface area (Å²) in [5, 5.41) is 0. The average Bonchev–Trinajstić information content (AvgIpc) is 2.69. The van der Waals surface area contributed by atoms with Gasteiger partial charge in [-0.15, -0.1) is 0 Å². The molecular formula is C24H37NO4. The minimum atomic E-state index is -0.266. The Balaban J connectivity index is 1.61. The number of likely N-dealkylation sites (tertiary alicyclic amines) is 1. The molecule has 29 heavy (non-hydrogen) atoms. The van der Waals surface area contributed by atoms with Gasteiger partial charge in [0.05, 0.1) is 24.4 Å². The maximum absolute atomic E-state index is 12.8. The normalized spacial score (nSPS) is 25.0. The van der Waals surface area contributed by atoms with E-state index in [0.717, 1.165) is 31.8 Å². The molecule has 1 aromatic carbocycles. The van der Waals surface area contributed by atoms with Crippen molar-refractivity contribution in [3.8, 4) is 5.75 Å². The Morgan fingerprint density at radius 2 is 1.86 bits per heavy atom. The van der Waals surface area contributed by atoms with Gasteiger partial charge in [-0.1, -0.05) is 20.3 Å². The zero-order valence-electron chi connectivity index (χ0n) is 18.5. The van der Waals surface area contributed by atoms with Gasteiger partial charge in [-0.3, -0.25) is 0 Å². The number of ether oxygens (including phenoxy) is 3. The van der Waals surface area contributed by atoms with E-state index in [1.54, 1.807) is 12.1 Å². The van der Waals surface area contributed by atoms with Crippen molar-refractivity contribution in [2.45, 2.75) is 65.1 Å². The zero-order valence-corrected chi connectivity index (χ0v) is 18.5. The van der Waals surface area contributed by atoms with Gasteiger partial charge in [0, 0.05) is 18.9 Å². The molecule has 0 radical (unpaired) electrons. The van der Waals surface area contributed by atoms with Crippen LogP contribution in [0.4, 0.5) is 0 Å². The smallest absolute Gasteiger partial charge is 0.338 e. The molecule has 0 unspecified atom stereocenters. The molecule has 5 nitrogen and oxygen atoms in total. The summed E-state index contributed by atoms with van der Waals surface area (Å²) in [4.78, 5) is 15.3. The Morgan fingerprint density at radius 1 is 1.17 bits per heavy atom. The first kappa shape index (κ1) is 22.1. The van der Waals surface area contributed by atoms with Crippen LogP contribution in [0, 0.1) is 11.8 Å². The molecular weight excluding hydrogens is 366 g/mol. The zero-order chi connectivity index (χ0) is 20.9. The van der Waals surface area contributed by atoms with Gasteiger partial charge >= 0.3 is 5.97 Å². The standard InChI is InChI=1S/C24H37NO4/c1-18(2)16-27-21-10-8-19(9-11-21)23(26)29-22-14-24(3,4)28-17-20(22)15-25-12-6-5-7-13-25/h8-11,18,20,22H,5-7,12-17H2,1-4H3/t20-,22-/m0/s1. The summed E-state index contributed by atoms with van der Waals surface area (Å²) >= 11 is 0. The molecule has 2 aliphatic heterocycles. The monoisotopic (exact) mass is 403 g/mol. The van der Waals surface area contributed by atoms with Crippen LogP contribution in [-0.4, -0.2) is 55.4 Å². The highest BCUT2D eigenvalue weighted by Crippen LogP contribution is 2.31. The number of carbonyl (C=O) groups excluding carboxylic acids is 1. The van der Waals surface area contributed by atoms with Crippen LogP contribution >= 0.6 is 0 Å². The Labute approximate surface area is 175 Å². The van der Waals surface area contributed by atoms with E-state index in [9.17, 15) is 4.79 Å². The minimum absolute atomic E-state index is 0.120. The van der Waals surface area contributed by atoms with Crippen molar-refractivity contribution < 1.29 is 19.0 Å². The quantitative estimate of drug-likeness (QED) is 0.625. The average molecular weight is 404 g/mol. The summed E-state index contributed by atoms with van der Waals surface area (Å²) < 4.78 is 17.8. The molecule has 162 valence electrons. The second kappa shape index (κ2) is 9.94. The SMILES string of the molecule is CC(C)COc1ccc(C(=O)O[C@H]2CC(C)(C)OC[C@@H]2CN2CCCCC2)cc1. The van der Waals surface area contributed by atoms with E-state index < -0.39 is 0 Å². The Bertz CT molecular complexity index is 649. The molecule has 0 aromatic heterocycles. The fourth-order valence-corrected chi connectivity index (χ4v) is 4.09. The van der Waals surface area contributed by atoms with Crippen LogP contribution < -0.4 is 4.74 Å². The van der Waals surface area contributed by atoms with E-state index in [2.05, 4.69) is 32.6 Å². The maximum Gasteiger partial charge on any atom is 0.338 e. The Morgan fingerprint density at radius 3 is 2.52 bits per heavy atom. The molecule has 1 aromatic rings. The molecule has 0 aliphatic carbocycles. The van der Waals surface area contributed by atoms with Crippen molar-refractivity contribution in [3.63, 3.8) is 0 Å². The number of piperidine rings is 1. The van der Waals surface area contributed by atoms with Crippen LogP contribution in [0.1, 0.15) is 63.7 Å². The van der Waals surface area contributed by atoms with Gasteiger partial charge in [-0.05, 0) is 70.0 Å². The summed E-state index contributed by atoms with van der Waals surface area (Å²) in [6, 6.07) is 7.28. The summed E-state index contributed by atoms with van der Waals surface area (Å²) in [5.41, 5.74) is 0.306. The first-order valence-corrected chi connectivity index (χ1v) is 11.1. The third kappa shape index (κ3) is 6.71. The van der Waals surface area contributed by atoms with Crippen molar-refractivity contribution in [1.29, 1.82) is 0 Å². The van der Waals surface area contributed by atoms with Gasteiger partial charge < -0.3 is 19.1 Å². The molecule has 3 rings (SSSR count). The maximum atomic E-state index is 12.8. The van der Waals surface area contributed by atoms with E-state index >= 15 is 0 Å². The molecule has 2 atom stereocenters. The van der Waals surface area contributed by atoms with Crippen molar-refractivity contribution in [1.82, 2.24) is 4.90 Å². The number of carbonyl (C=O) groups is 1. The topological polar surface area (TPSA) is 48.0 Å². The predicted molar refractivity (Wildman–Crippen MR) is 114 cm³/mol. The predicted octanol–water partition coefficient (Wildman–Crippen LogP) is 4.55. The summed E-state index contributed by atoms with van der Waals surface area (Å²) in [6.45, 7) is 12.9. The first-order valence-electron chi connectivity index (χ1n) is 11.1. The fraction of sp³-hybridized carbons (Fsp3) is 0.708. The first-order chi connectivity index (χ1) is 13.8. The molecule has 2 saturated heterocycles. The minimum Gasteiger partial charge on any atom is -0.493 e. The van der Waals surface area contributed by atoms with Crippen LogP contribution in [0.25, 0.3) is 0 Å². The number of hydrogen-bond donors (Lipinski definition) is 0. The van der Waals surface area contributed by atoms with Crippen LogP contribution in [0.2, 0.25) is 0 Å². The number of esters is 1. The largest absolute Gasteiger partial charge is 0.493 e. The number of nitrogens with zero attached hydrogens (tertiary/aromatic N) is 1. The molecule has 0 amide bonds. The van der Waals surface area contributed by atoms with E-state index in [1.165, 1.54) is 19.3 Å². The fourth-order valence-electron chi connectivity index (χ4n) is 4.09. The summed E-state index contributed by atoms with van der Waals surface area (Å²) in [5.74, 6) is 1.21. The van der Waals surface area contributed by atoms with Crippen molar-refractivity contribution in [2.24, 2.45) is 11.8 Å². The van der Waals surface area contributed by atoms with Crippen LogP contribution in [-0.2, 0) is 9.47 Å². The van der Waals surface area contributed by atoms with Crippen LogP contribution in [0.5, 0.6) is 5.75 Å². The van der Waals surface area contributed by atoms with Gasteiger partial charge in [-0.2, -0.15) is 0 Å². The van der Waals surface area contributed by atoms with Gasteiger partial charge in [-0.25, -0.2) is 4.79 Å². The van der Waals surface area contributed by atoms with Crippen LogP contribution in [0.3, 0.4) is 0 Å². The molecule has 5 heteroatoms. The molecule has 2 heterocycles. The lowest BCUT2D eigenvalue weighted by molar-refractivity contribution is -0.137. The Kier molecular flexibility index (Phi) is 7.58. The van der Waals surface area contributed by atoms with E-state index in [1.807, 2.05) is 12.1 Å². The van der Waals surface area contributed by atoms with Crippen LogP contribution in [0.15, 0.2) is 24.3 Å². The lowest BCUT2D eigenvalue weighted by Gasteiger charge is -2.42. The van der Waals surface area contributed by atoms with E-state index in [4.69, 9.17) is 14.2 Å². The second-order valence-electron chi connectivity index (χ2n) is 9.57. The third-order valence-electron chi connectivity index (χ3n) is 5.78. The Hall–Kier alpha value is -1.59. The van der Waals surface area contributed by atoms with Crippen molar-refractivity contribution in [2.75, 3.05) is 32.8 Å². The van der Waals surface area contributed by atoms with Crippen molar-refractivity contribution in [3.05, 3.63) is 29.8 Å². The van der Waals surface area contributed by atoms with Gasteiger partial charge in [0.25, 0.3) is 0 Å². The molecule has 2 fully saturated rings. The highest BCUT2D eigenvalue weighted by molar-refractivity contribution is 5.89.